The third-order valence-corrected chi connectivity index (χ3v) is 1.99. The number of carbonyl (C=O) groups excluding carboxylic acids is 1. The van der Waals surface area contributed by atoms with Gasteiger partial charge in [-0.05, 0) is 12.5 Å². The first-order chi connectivity index (χ1) is 7.15. The standard InChI is InChI=1S/C9H14N4OS/c1-2-5-13(6-8(10)15)9(14)7-3-4-11-12-7/h3-4H,2,5-6H2,1H3,(H2,10,15)(H,11,12). The zero-order chi connectivity index (χ0) is 11.3. The van der Waals surface area contributed by atoms with Gasteiger partial charge in [0.05, 0.1) is 11.5 Å². The average Bonchev–Trinajstić information content (AvgIpc) is 2.68. The van der Waals surface area contributed by atoms with Gasteiger partial charge in [0.1, 0.15) is 5.69 Å². The van der Waals surface area contributed by atoms with E-state index in [9.17, 15) is 4.79 Å². The van der Waals surface area contributed by atoms with Crippen molar-refractivity contribution >= 4 is 23.1 Å². The summed E-state index contributed by atoms with van der Waals surface area (Å²) in [5.41, 5.74) is 5.88. The second-order valence-corrected chi connectivity index (χ2v) is 3.69. The topological polar surface area (TPSA) is 75.0 Å². The lowest BCUT2D eigenvalue weighted by molar-refractivity contribution is 0.0774. The van der Waals surface area contributed by atoms with Gasteiger partial charge in [0.2, 0.25) is 0 Å². The molecule has 1 rings (SSSR count). The van der Waals surface area contributed by atoms with E-state index in [0.717, 1.165) is 6.42 Å². The second-order valence-electron chi connectivity index (χ2n) is 3.16. The van der Waals surface area contributed by atoms with E-state index in [1.807, 2.05) is 6.92 Å². The third-order valence-electron chi connectivity index (χ3n) is 1.86. The van der Waals surface area contributed by atoms with Crippen molar-refractivity contribution in [2.75, 3.05) is 13.1 Å². The quantitative estimate of drug-likeness (QED) is 0.719. The van der Waals surface area contributed by atoms with E-state index in [1.165, 1.54) is 6.20 Å². The van der Waals surface area contributed by atoms with Gasteiger partial charge in [0, 0.05) is 12.7 Å². The lowest BCUT2D eigenvalue weighted by atomic mass is 10.3. The maximum Gasteiger partial charge on any atom is 0.272 e. The maximum absolute atomic E-state index is 11.9. The molecule has 15 heavy (non-hydrogen) atoms. The fourth-order valence-corrected chi connectivity index (χ4v) is 1.41. The smallest absolute Gasteiger partial charge is 0.272 e. The number of aromatic amines is 1. The van der Waals surface area contributed by atoms with Crippen LogP contribution in [0.4, 0.5) is 0 Å². The van der Waals surface area contributed by atoms with Gasteiger partial charge in [-0.15, -0.1) is 0 Å². The van der Waals surface area contributed by atoms with E-state index in [2.05, 4.69) is 10.2 Å². The molecule has 0 aromatic carbocycles. The van der Waals surface area contributed by atoms with Crippen LogP contribution in [0.5, 0.6) is 0 Å². The van der Waals surface area contributed by atoms with E-state index in [4.69, 9.17) is 18.0 Å². The molecule has 0 atom stereocenters. The molecule has 82 valence electrons. The van der Waals surface area contributed by atoms with Crippen LogP contribution in [-0.4, -0.2) is 39.1 Å². The van der Waals surface area contributed by atoms with Crippen LogP contribution < -0.4 is 5.73 Å². The monoisotopic (exact) mass is 226 g/mol. The van der Waals surface area contributed by atoms with Crippen LogP contribution >= 0.6 is 12.2 Å². The van der Waals surface area contributed by atoms with Crippen LogP contribution in [0.3, 0.4) is 0 Å². The van der Waals surface area contributed by atoms with Crippen molar-refractivity contribution in [1.82, 2.24) is 15.1 Å². The van der Waals surface area contributed by atoms with E-state index in [0.29, 0.717) is 23.8 Å². The second kappa shape index (κ2) is 5.45. The molecule has 0 spiro atoms. The van der Waals surface area contributed by atoms with Gasteiger partial charge in [0.25, 0.3) is 5.91 Å². The first-order valence-electron chi connectivity index (χ1n) is 4.72. The van der Waals surface area contributed by atoms with Crippen molar-refractivity contribution in [3.63, 3.8) is 0 Å². The van der Waals surface area contributed by atoms with Crippen molar-refractivity contribution in [3.05, 3.63) is 18.0 Å². The highest BCUT2D eigenvalue weighted by atomic mass is 32.1. The molecule has 0 fully saturated rings. The summed E-state index contributed by atoms with van der Waals surface area (Å²) >= 11 is 4.79. The Hall–Kier alpha value is -1.43. The Bertz CT molecular complexity index is 336. The molecule has 1 aromatic rings. The number of amides is 1. The highest BCUT2D eigenvalue weighted by molar-refractivity contribution is 7.80. The van der Waals surface area contributed by atoms with Gasteiger partial charge < -0.3 is 10.6 Å². The fraction of sp³-hybridized carbons (Fsp3) is 0.444. The molecule has 1 heterocycles. The predicted octanol–water partition coefficient (Wildman–Crippen LogP) is 0.548. The fourth-order valence-electron chi connectivity index (χ4n) is 1.26. The van der Waals surface area contributed by atoms with Gasteiger partial charge in [0.15, 0.2) is 0 Å². The minimum atomic E-state index is -0.123. The summed E-state index contributed by atoms with van der Waals surface area (Å²) in [6, 6.07) is 1.63. The van der Waals surface area contributed by atoms with Crippen LogP contribution in [0.25, 0.3) is 0 Å². The molecule has 1 aromatic heterocycles. The van der Waals surface area contributed by atoms with E-state index in [1.54, 1.807) is 11.0 Å². The summed E-state index contributed by atoms with van der Waals surface area (Å²) in [5.74, 6) is -0.123. The van der Waals surface area contributed by atoms with Crippen LogP contribution in [0.2, 0.25) is 0 Å². The highest BCUT2D eigenvalue weighted by Gasteiger charge is 2.16. The molecule has 0 radical (unpaired) electrons. The lowest BCUT2D eigenvalue weighted by Gasteiger charge is -2.20. The maximum atomic E-state index is 11.9. The first kappa shape index (κ1) is 11.6. The zero-order valence-electron chi connectivity index (χ0n) is 8.56. The Morgan fingerprint density at radius 1 is 1.73 bits per heavy atom. The van der Waals surface area contributed by atoms with Crippen LogP contribution in [-0.2, 0) is 0 Å². The number of rotatable bonds is 5. The number of hydrogen-bond acceptors (Lipinski definition) is 3. The first-order valence-corrected chi connectivity index (χ1v) is 5.13. The number of aromatic nitrogens is 2. The van der Waals surface area contributed by atoms with Crippen LogP contribution in [0.1, 0.15) is 23.8 Å². The van der Waals surface area contributed by atoms with Gasteiger partial charge >= 0.3 is 0 Å². The lowest BCUT2D eigenvalue weighted by Crippen LogP contribution is -2.38. The van der Waals surface area contributed by atoms with Crippen molar-refractivity contribution in [2.45, 2.75) is 13.3 Å². The largest absolute Gasteiger partial charge is 0.392 e. The Morgan fingerprint density at radius 3 is 2.93 bits per heavy atom. The molecule has 0 aliphatic carbocycles. The average molecular weight is 226 g/mol. The Kier molecular flexibility index (Phi) is 4.23. The zero-order valence-corrected chi connectivity index (χ0v) is 9.38. The molecule has 0 saturated heterocycles. The molecule has 0 saturated carbocycles. The molecule has 0 bridgehead atoms. The number of nitrogens with zero attached hydrogens (tertiary/aromatic N) is 2. The molecule has 1 amide bonds. The van der Waals surface area contributed by atoms with Gasteiger partial charge in [-0.2, -0.15) is 5.10 Å². The minimum Gasteiger partial charge on any atom is -0.392 e. The van der Waals surface area contributed by atoms with Gasteiger partial charge in [-0.3, -0.25) is 9.89 Å². The summed E-state index contributed by atoms with van der Waals surface area (Å²) in [7, 11) is 0. The van der Waals surface area contributed by atoms with Crippen molar-refractivity contribution in [2.24, 2.45) is 5.73 Å². The van der Waals surface area contributed by atoms with Gasteiger partial charge in [-0.25, -0.2) is 0 Å². The van der Waals surface area contributed by atoms with E-state index >= 15 is 0 Å². The van der Waals surface area contributed by atoms with E-state index in [-0.39, 0.29) is 5.91 Å². The number of nitrogens with one attached hydrogen (secondary N) is 1. The summed E-state index contributed by atoms with van der Waals surface area (Å²) in [6.45, 7) is 2.93. The number of hydrogen-bond donors (Lipinski definition) is 2. The van der Waals surface area contributed by atoms with Gasteiger partial charge in [-0.1, -0.05) is 19.1 Å². The van der Waals surface area contributed by atoms with Crippen molar-refractivity contribution < 1.29 is 4.79 Å². The normalized spacial score (nSPS) is 9.93. The molecule has 0 aliphatic heterocycles. The third kappa shape index (κ3) is 3.32. The summed E-state index contributed by atoms with van der Waals surface area (Å²) in [6.07, 6.45) is 2.40. The molecule has 5 nitrogen and oxygen atoms in total. The summed E-state index contributed by atoms with van der Waals surface area (Å²) in [4.78, 5) is 13.8. The molecular formula is C9H14N4OS. The van der Waals surface area contributed by atoms with Crippen LogP contribution in [0, 0.1) is 0 Å². The minimum absolute atomic E-state index is 0.123. The molecule has 3 N–H and O–H groups in total. The molecule has 6 heteroatoms. The highest BCUT2D eigenvalue weighted by Crippen LogP contribution is 2.01. The van der Waals surface area contributed by atoms with E-state index < -0.39 is 0 Å². The number of H-pyrrole nitrogens is 1. The van der Waals surface area contributed by atoms with Crippen LogP contribution in [0.15, 0.2) is 12.3 Å². The number of nitrogens with two attached hydrogens (primary N) is 1. The van der Waals surface area contributed by atoms with Crippen molar-refractivity contribution in [3.8, 4) is 0 Å². The summed E-state index contributed by atoms with van der Waals surface area (Å²) in [5, 5.41) is 6.35. The predicted molar refractivity (Wildman–Crippen MR) is 61.6 cm³/mol. The Labute approximate surface area is 93.6 Å². The summed E-state index contributed by atoms with van der Waals surface area (Å²) < 4.78 is 0. The number of carbonyl (C=O) groups is 1. The number of thiocarbonyl (C=S) groups is 1. The molecule has 0 aliphatic rings. The Morgan fingerprint density at radius 2 is 2.47 bits per heavy atom. The van der Waals surface area contributed by atoms with Crippen molar-refractivity contribution in [1.29, 1.82) is 0 Å². The SMILES string of the molecule is CCCN(CC(N)=S)C(=O)c1ccn[nH]1. The molecule has 0 unspecified atom stereocenters. The Balaban J connectivity index is 2.71. The molecular weight excluding hydrogens is 212 g/mol.